The van der Waals surface area contributed by atoms with Gasteiger partial charge in [0.25, 0.3) is 5.91 Å². The van der Waals surface area contributed by atoms with E-state index in [9.17, 15) is 9.90 Å². The second-order valence-corrected chi connectivity index (χ2v) is 15.4. The van der Waals surface area contributed by atoms with E-state index in [0.717, 1.165) is 52.9 Å². The molecule has 2 N–H and O–H groups in total. The first-order chi connectivity index (χ1) is 23.1. The first-order valence-corrected chi connectivity index (χ1v) is 17.4. The molecule has 3 fully saturated rings. The molecule has 0 radical (unpaired) electrons. The van der Waals surface area contributed by atoms with Crippen LogP contribution < -0.4 is 5.32 Å². The van der Waals surface area contributed by atoms with E-state index < -0.39 is 6.29 Å². The van der Waals surface area contributed by atoms with Crippen LogP contribution in [0.15, 0.2) is 103 Å². The predicted octanol–water partition coefficient (Wildman–Crippen LogP) is 8.22. The van der Waals surface area contributed by atoms with Gasteiger partial charge in [-0.3, -0.25) is 9.69 Å². The maximum atomic E-state index is 12.6. The summed E-state index contributed by atoms with van der Waals surface area (Å²) in [6, 6.07) is 34.8. The Kier molecular flexibility index (Phi) is 9.27. The number of hydrogen-bond acceptors (Lipinski definition) is 5. The van der Waals surface area contributed by atoms with Crippen LogP contribution in [0, 0.1) is 10.8 Å². The van der Waals surface area contributed by atoms with Crippen molar-refractivity contribution in [2.75, 3.05) is 13.1 Å². The standard InChI is InChI=1S/C42H48N2O4/c1-41(2)22-36-23-42(3,27-41)28-44(36)25-37-21-38(31-17-15-29(26-45)16-18-31)48-40(47-37)35-14-8-13-34(20-35)33-12-7-9-30(19-33)24-43-39(46)32-10-5-4-6-11-32/h4-20,36-38,40,45H,21-28H2,1-3H3,(H,43,46). The summed E-state index contributed by atoms with van der Waals surface area (Å²) >= 11 is 0. The number of carbonyl (C=O) groups is 1. The molecule has 250 valence electrons. The molecular weight excluding hydrogens is 596 g/mol. The minimum atomic E-state index is -0.506. The lowest BCUT2D eigenvalue weighted by Crippen LogP contribution is -2.42. The van der Waals surface area contributed by atoms with Gasteiger partial charge in [-0.05, 0) is 82.2 Å². The van der Waals surface area contributed by atoms with Crippen molar-refractivity contribution in [3.63, 3.8) is 0 Å². The van der Waals surface area contributed by atoms with Gasteiger partial charge in [0.15, 0.2) is 6.29 Å². The zero-order valence-electron chi connectivity index (χ0n) is 28.4. The van der Waals surface area contributed by atoms with Crippen LogP contribution in [0.3, 0.4) is 0 Å². The Labute approximate surface area is 285 Å². The molecule has 2 heterocycles. The van der Waals surface area contributed by atoms with Gasteiger partial charge in [0.05, 0.1) is 18.8 Å². The zero-order chi connectivity index (χ0) is 33.3. The van der Waals surface area contributed by atoms with Crippen LogP contribution in [0.4, 0.5) is 0 Å². The Hall–Kier alpha value is -3.81. The lowest BCUT2D eigenvalue weighted by molar-refractivity contribution is -0.253. The van der Waals surface area contributed by atoms with Crippen molar-refractivity contribution in [3.8, 4) is 11.1 Å². The van der Waals surface area contributed by atoms with E-state index in [0.29, 0.717) is 29.0 Å². The van der Waals surface area contributed by atoms with Crippen molar-refractivity contribution in [1.29, 1.82) is 0 Å². The molecule has 1 aliphatic carbocycles. The average molecular weight is 645 g/mol. The van der Waals surface area contributed by atoms with E-state index in [1.165, 1.54) is 19.3 Å². The molecule has 1 amide bonds. The molecule has 6 heteroatoms. The molecule has 2 saturated heterocycles. The number of hydrogen-bond donors (Lipinski definition) is 2. The monoisotopic (exact) mass is 644 g/mol. The lowest BCUT2D eigenvalue weighted by Gasteiger charge is -2.41. The molecule has 48 heavy (non-hydrogen) atoms. The van der Waals surface area contributed by atoms with Crippen molar-refractivity contribution >= 4 is 5.91 Å². The van der Waals surface area contributed by atoms with Gasteiger partial charge in [-0.15, -0.1) is 0 Å². The molecular formula is C42H48N2O4. The normalized spacial score (nSPS) is 26.7. The highest BCUT2D eigenvalue weighted by Gasteiger charge is 2.50. The van der Waals surface area contributed by atoms with Gasteiger partial charge < -0.3 is 19.9 Å². The van der Waals surface area contributed by atoms with Gasteiger partial charge in [-0.25, -0.2) is 0 Å². The van der Waals surface area contributed by atoms with Crippen molar-refractivity contribution in [2.45, 2.75) is 84.1 Å². The molecule has 5 unspecified atom stereocenters. The third-order valence-electron chi connectivity index (χ3n) is 10.5. The fourth-order valence-electron chi connectivity index (χ4n) is 8.68. The van der Waals surface area contributed by atoms with E-state index in [1.54, 1.807) is 0 Å². The molecule has 0 spiro atoms. The van der Waals surface area contributed by atoms with Crippen LogP contribution in [0.1, 0.15) is 91.5 Å². The molecule has 2 aliphatic heterocycles. The number of nitrogens with zero attached hydrogens (tertiary/aromatic N) is 1. The summed E-state index contributed by atoms with van der Waals surface area (Å²) in [4.78, 5) is 15.3. The van der Waals surface area contributed by atoms with Gasteiger partial charge in [-0.2, -0.15) is 0 Å². The van der Waals surface area contributed by atoms with Crippen LogP contribution >= 0.6 is 0 Å². The van der Waals surface area contributed by atoms with Crippen LogP contribution in [0.5, 0.6) is 0 Å². The summed E-state index contributed by atoms with van der Waals surface area (Å²) < 4.78 is 13.6. The molecule has 7 rings (SSSR count). The molecule has 0 aromatic heterocycles. The maximum absolute atomic E-state index is 12.6. The molecule has 6 nitrogen and oxygen atoms in total. The number of fused-ring (bicyclic) bond motifs is 2. The quantitative estimate of drug-likeness (QED) is 0.192. The number of aliphatic hydroxyl groups is 1. The van der Waals surface area contributed by atoms with E-state index in [-0.39, 0.29) is 24.7 Å². The SMILES string of the molecule is CC1(C)CC2CC(C)(CN2CC2CC(c3ccc(CO)cc3)OC(c3cccc(-c4cccc(CNC(=O)c5ccccc5)c4)c3)O2)C1. The number of carbonyl (C=O) groups excluding carboxylic acids is 1. The average Bonchev–Trinajstić information content (AvgIpc) is 3.34. The smallest absolute Gasteiger partial charge is 0.251 e. The molecule has 3 aliphatic rings. The first kappa shape index (κ1) is 32.7. The number of rotatable bonds is 9. The largest absolute Gasteiger partial charge is 0.392 e. The summed E-state index contributed by atoms with van der Waals surface area (Å²) in [7, 11) is 0. The fourth-order valence-corrected chi connectivity index (χ4v) is 8.68. The minimum Gasteiger partial charge on any atom is -0.392 e. The van der Waals surface area contributed by atoms with Crippen molar-refractivity contribution in [1.82, 2.24) is 10.2 Å². The Balaban J connectivity index is 1.10. The summed E-state index contributed by atoms with van der Waals surface area (Å²) in [6.07, 6.45) is 3.97. The number of nitrogens with one attached hydrogen (secondary N) is 1. The van der Waals surface area contributed by atoms with Crippen LogP contribution in [0.2, 0.25) is 0 Å². The number of likely N-dealkylation sites (tertiary alicyclic amines) is 1. The van der Waals surface area contributed by atoms with Gasteiger partial charge in [-0.1, -0.05) is 99.6 Å². The third-order valence-corrected chi connectivity index (χ3v) is 10.5. The van der Waals surface area contributed by atoms with E-state index in [4.69, 9.17) is 9.47 Å². The number of amides is 1. The highest BCUT2D eigenvalue weighted by Crippen LogP contribution is 2.53. The van der Waals surface area contributed by atoms with Crippen molar-refractivity contribution in [3.05, 3.63) is 131 Å². The van der Waals surface area contributed by atoms with E-state index >= 15 is 0 Å². The predicted molar refractivity (Wildman–Crippen MR) is 189 cm³/mol. The summed E-state index contributed by atoms with van der Waals surface area (Å²) in [5.41, 5.74) is 7.57. The van der Waals surface area contributed by atoms with E-state index in [2.05, 4.69) is 79.5 Å². The van der Waals surface area contributed by atoms with Crippen molar-refractivity contribution in [2.24, 2.45) is 10.8 Å². The fraction of sp³-hybridized carbons (Fsp3) is 0.405. The topological polar surface area (TPSA) is 71.0 Å². The van der Waals surface area contributed by atoms with E-state index in [1.807, 2.05) is 54.6 Å². The Morgan fingerprint density at radius 2 is 1.58 bits per heavy atom. The highest BCUT2D eigenvalue weighted by molar-refractivity contribution is 5.94. The zero-order valence-corrected chi connectivity index (χ0v) is 28.4. The number of ether oxygens (including phenoxy) is 2. The highest BCUT2D eigenvalue weighted by atomic mass is 16.7. The number of aliphatic hydroxyl groups excluding tert-OH is 1. The Morgan fingerprint density at radius 1 is 0.833 bits per heavy atom. The molecule has 2 bridgehead atoms. The summed E-state index contributed by atoms with van der Waals surface area (Å²) in [6.45, 7) is 9.83. The van der Waals surface area contributed by atoms with Gasteiger partial charge in [0, 0.05) is 43.2 Å². The molecule has 1 saturated carbocycles. The first-order valence-electron chi connectivity index (χ1n) is 17.4. The maximum Gasteiger partial charge on any atom is 0.251 e. The third kappa shape index (κ3) is 7.42. The Morgan fingerprint density at radius 3 is 2.35 bits per heavy atom. The van der Waals surface area contributed by atoms with Crippen LogP contribution in [-0.2, 0) is 22.6 Å². The molecule has 5 atom stereocenters. The molecule has 4 aromatic carbocycles. The number of benzene rings is 4. The molecule has 4 aromatic rings. The minimum absolute atomic E-state index is 0.0255. The second kappa shape index (κ2) is 13.6. The van der Waals surface area contributed by atoms with Crippen LogP contribution in [-0.4, -0.2) is 41.1 Å². The van der Waals surface area contributed by atoms with Gasteiger partial charge >= 0.3 is 0 Å². The van der Waals surface area contributed by atoms with Crippen LogP contribution in [0.25, 0.3) is 11.1 Å². The lowest BCUT2D eigenvalue weighted by atomic mass is 9.65. The summed E-state index contributed by atoms with van der Waals surface area (Å²) in [5, 5.41) is 12.7. The Bertz CT molecular complexity index is 1720. The van der Waals surface area contributed by atoms with Crippen molar-refractivity contribution < 1.29 is 19.4 Å². The van der Waals surface area contributed by atoms with Gasteiger partial charge in [0.2, 0.25) is 0 Å². The second-order valence-electron chi connectivity index (χ2n) is 15.4. The van der Waals surface area contributed by atoms with Gasteiger partial charge in [0.1, 0.15) is 0 Å². The summed E-state index contributed by atoms with van der Waals surface area (Å²) in [5.74, 6) is -0.0834.